The van der Waals surface area contributed by atoms with Gasteiger partial charge in [-0.1, -0.05) is 59.1 Å². The van der Waals surface area contributed by atoms with E-state index in [0.29, 0.717) is 33.2 Å². The summed E-state index contributed by atoms with van der Waals surface area (Å²) in [7, 11) is 1.49. The van der Waals surface area contributed by atoms with Gasteiger partial charge in [0.1, 0.15) is 5.75 Å². The van der Waals surface area contributed by atoms with Gasteiger partial charge >= 0.3 is 0 Å². The van der Waals surface area contributed by atoms with Crippen LogP contribution in [-0.4, -0.2) is 46.6 Å². The number of halogens is 3. The monoisotopic (exact) mass is 767 g/mol. The Kier molecular flexibility index (Phi) is 8.62. The molecule has 2 saturated heterocycles. The van der Waals surface area contributed by atoms with Crippen LogP contribution < -0.4 is 15.1 Å². The van der Waals surface area contributed by atoms with Crippen LogP contribution in [0.3, 0.4) is 0 Å². The van der Waals surface area contributed by atoms with E-state index in [4.69, 9.17) is 27.9 Å². The molecule has 4 amide bonds. The van der Waals surface area contributed by atoms with E-state index in [9.17, 15) is 24.3 Å². The minimum absolute atomic E-state index is 0.0289. The number of fused-ring (bicyclic) bond motifs is 4. The van der Waals surface area contributed by atoms with Gasteiger partial charge < -0.3 is 9.84 Å². The number of hydrogen-bond acceptors (Lipinski definition) is 8. The van der Waals surface area contributed by atoms with E-state index in [1.165, 1.54) is 38.3 Å². The quantitative estimate of drug-likeness (QED) is 0.114. The number of Topliss-reactive ketones (excluding diaryl/α,β-unsaturated/α-hetero) is 1. The molecule has 3 fully saturated rings. The number of carbonyl (C=O) groups excluding carboxylic acids is 5. The zero-order valence-corrected chi connectivity index (χ0v) is 30.4. The first-order valence-electron chi connectivity index (χ1n) is 17.3. The standard InChI is InChI=1S/C41H32Cl2FN3O7/c1-20(48)21-6-11-24(12-7-21)46-37(50)27-16-15-26-29(34(27)39(46)52)19-30-38(51)47(45-33-17-10-23(42)18-31(33)43)40(53)41(30,22-8-13-25(54-2)14-9-22)35(26)28-4-3-5-32(44)36(28)49/h3-15,17-18,27,29-30,34-35,45,49H,16,19H2,1-2H3/t27-,29+,30-,34-,35+,41+/m0/s1. The largest absolute Gasteiger partial charge is 0.505 e. The zero-order chi connectivity index (χ0) is 38.2. The van der Waals surface area contributed by atoms with Gasteiger partial charge in [-0.05, 0) is 91.9 Å². The number of methoxy groups -OCH3 is 1. The van der Waals surface area contributed by atoms with E-state index >= 15 is 9.18 Å². The van der Waals surface area contributed by atoms with E-state index in [-0.39, 0.29) is 34.9 Å². The Morgan fingerprint density at radius 3 is 2.31 bits per heavy atom. The third-order valence-corrected chi connectivity index (χ3v) is 12.0. The number of imide groups is 2. The van der Waals surface area contributed by atoms with Gasteiger partial charge in [0, 0.05) is 22.1 Å². The maximum Gasteiger partial charge on any atom is 0.260 e. The molecule has 0 radical (unpaired) electrons. The first kappa shape index (κ1) is 35.5. The second-order valence-electron chi connectivity index (χ2n) is 14.0. The first-order valence-corrected chi connectivity index (χ1v) is 18.0. The molecular formula is C41H32Cl2FN3O7. The van der Waals surface area contributed by atoms with Crippen molar-refractivity contribution in [3.8, 4) is 11.5 Å². The molecule has 2 N–H and O–H groups in total. The smallest absolute Gasteiger partial charge is 0.260 e. The lowest BCUT2D eigenvalue weighted by Gasteiger charge is -2.50. The van der Waals surface area contributed by atoms with Crippen molar-refractivity contribution < 1.29 is 38.2 Å². The fraction of sp³-hybridized carbons (Fsp3) is 0.244. The van der Waals surface area contributed by atoms with Crippen molar-refractivity contribution in [1.29, 1.82) is 0 Å². The molecule has 0 spiro atoms. The van der Waals surface area contributed by atoms with Crippen molar-refractivity contribution >= 4 is 64.0 Å². The molecule has 8 rings (SSSR count). The summed E-state index contributed by atoms with van der Waals surface area (Å²) in [5.74, 6) is -8.40. The Morgan fingerprint density at radius 2 is 1.65 bits per heavy atom. The fourth-order valence-corrected chi connectivity index (χ4v) is 9.50. The average Bonchev–Trinajstić information content (AvgIpc) is 3.54. The number of nitrogens with zero attached hydrogens (tertiary/aromatic N) is 2. The van der Waals surface area contributed by atoms with Crippen LogP contribution in [0.15, 0.2) is 96.6 Å². The number of phenolic OH excluding ortho intramolecular Hbond substituents is 1. The van der Waals surface area contributed by atoms with Crippen LogP contribution >= 0.6 is 23.2 Å². The number of ketones is 1. The summed E-state index contributed by atoms with van der Waals surface area (Å²) >= 11 is 12.6. The number of amides is 4. The van der Waals surface area contributed by atoms with E-state index in [1.807, 2.05) is 0 Å². The molecule has 4 aliphatic rings. The number of anilines is 2. The minimum Gasteiger partial charge on any atom is -0.505 e. The van der Waals surface area contributed by atoms with Crippen molar-refractivity contribution in [2.45, 2.75) is 31.1 Å². The summed E-state index contributed by atoms with van der Waals surface area (Å²) < 4.78 is 20.8. The van der Waals surface area contributed by atoms with E-state index in [0.717, 1.165) is 16.0 Å². The summed E-state index contributed by atoms with van der Waals surface area (Å²) in [4.78, 5) is 71.8. The highest BCUT2D eigenvalue weighted by molar-refractivity contribution is 6.36. The van der Waals surface area contributed by atoms with Gasteiger partial charge in [0.05, 0.1) is 46.7 Å². The molecule has 4 aromatic carbocycles. The normalized spacial score (nSPS) is 25.9. The zero-order valence-electron chi connectivity index (χ0n) is 28.9. The third-order valence-electron chi connectivity index (χ3n) is 11.4. The van der Waals surface area contributed by atoms with Crippen LogP contribution in [0.25, 0.3) is 0 Å². The number of carbonyl (C=O) groups is 5. The highest BCUT2D eigenvalue weighted by Crippen LogP contribution is 2.65. The molecule has 0 unspecified atom stereocenters. The van der Waals surface area contributed by atoms with Gasteiger partial charge in [-0.25, -0.2) is 4.39 Å². The number of aromatic hydroxyl groups is 1. The van der Waals surface area contributed by atoms with E-state index < -0.39 is 70.2 Å². The van der Waals surface area contributed by atoms with Crippen LogP contribution in [0.5, 0.6) is 11.5 Å². The van der Waals surface area contributed by atoms with Gasteiger partial charge in [-0.3, -0.25) is 34.3 Å². The Bertz CT molecular complexity index is 2310. The Morgan fingerprint density at radius 1 is 0.926 bits per heavy atom. The topological polar surface area (TPSA) is 133 Å². The van der Waals surface area contributed by atoms with Gasteiger partial charge in [0.25, 0.3) is 11.8 Å². The maximum atomic E-state index is 15.4. The second-order valence-corrected chi connectivity index (χ2v) is 14.8. The second kappa shape index (κ2) is 13.1. The number of nitrogens with one attached hydrogen (secondary N) is 1. The van der Waals surface area contributed by atoms with Gasteiger partial charge in [-0.15, -0.1) is 0 Å². The molecule has 274 valence electrons. The van der Waals surface area contributed by atoms with Gasteiger partial charge in [0.15, 0.2) is 17.3 Å². The SMILES string of the molecule is COc1ccc([C@@]23C(=O)N(Nc4ccc(Cl)cc4Cl)C(=O)[C@@H]2C[C@@H]2C(=CC[C@@H]4C(=O)N(c5ccc(C(C)=O)cc5)C(=O)[C@@H]42)[C@@H]3c2cccc(F)c2O)cc1. The van der Waals surface area contributed by atoms with Crippen LogP contribution in [0.1, 0.15) is 47.2 Å². The summed E-state index contributed by atoms with van der Waals surface area (Å²) in [5.41, 5.74) is 3.04. The summed E-state index contributed by atoms with van der Waals surface area (Å²) in [6.07, 6.45) is 1.89. The first-order chi connectivity index (χ1) is 25.9. The molecule has 10 nitrogen and oxygen atoms in total. The number of benzene rings is 4. The van der Waals surface area contributed by atoms with E-state index in [1.54, 1.807) is 60.7 Å². The number of hydrogen-bond donors (Lipinski definition) is 2. The van der Waals surface area contributed by atoms with Crippen molar-refractivity contribution in [2.75, 3.05) is 17.4 Å². The van der Waals surface area contributed by atoms with Crippen LogP contribution in [0.4, 0.5) is 15.8 Å². The van der Waals surface area contributed by atoms with E-state index in [2.05, 4.69) is 5.43 Å². The summed E-state index contributed by atoms with van der Waals surface area (Å²) in [6, 6.07) is 21.4. The van der Waals surface area contributed by atoms with Crippen LogP contribution in [0.2, 0.25) is 10.0 Å². The molecular weight excluding hydrogens is 736 g/mol. The molecule has 6 atom stereocenters. The lowest BCUT2D eigenvalue weighted by molar-refractivity contribution is -0.138. The fourth-order valence-electron chi connectivity index (χ4n) is 9.05. The van der Waals surface area contributed by atoms with Crippen LogP contribution in [-0.2, 0) is 24.6 Å². The minimum atomic E-state index is -1.77. The van der Waals surface area contributed by atoms with Crippen molar-refractivity contribution in [2.24, 2.45) is 23.7 Å². The number of para-hydroxylation sites is 1. The van der Waals surface area contributed by atoms with Crippen molar-refractivity contribution in [1.82, 2.24) is 5.01 Å². The van der Waals surface area contributed by atoms with Crippen LogP contribution in [0, 0.1) is 29.5 Å². The molecule has 2 aliphatic heterocycles. The highest BCUT2D eigenvalue weighted by atomic mass is 35.5. The molecule has 13 heteroatoms. The highest BCUT2D eigenvalue weighted by Gasteiger charge is 2.70. The number of phenols is 1. The predicted octanol–water partition coefficient (Wildman–Crippen LogP) is 7.24. The Hall–Kier alpha value is -5.52. The number of rotatable bonds is 7. The molecule has 0 aromatic heterocycles. The lowest BCUT2D eigenvalue weighted by Crippen LogP contribution is -2.53. The maximum absolute atomic E-state index is 15.4. The number of hydrazine groups is 1. The molecule has 54 heavy (non-hydrogen) atoms. The molecule has 1 saturated carbocycles. The number of allylic oxidation sites excluding steroid dienone is 2. The Labute approximate surface area is 319 Å². The van der Waals surface area contributed by atoms with Crippen molar-refractivity contribution in [3.63, 3.8) is 0 Å². The Balaban J connectivity index is 1.32. The summed E-state index contributed by atoms with van der Waals surface area (Å²) in [6.45, 7) is 1.42. The molecule has 2 aliphatic carbocycles. The van der Waals surface area contributed by atoms with Crippen molar-refractivity contribution in [3.05, 3.63) is 129 Å². The average molecular weight is 769 g/mol. The summed E-state index contributed by atoms with van der Waals surface area (Å²) in [5, 5.41) is 12.8. The van der Waals surface area contributed by atoms with Gasteiger partial charge in [-0.2, -0.15) is 5.01 Å². The molecule has 4 aromatic rings. The third kappa shape index (κ3) is 5.16. The predicted molar refractivity (Wildman–Crippen MR) is 198 cm³/mol. The lowest BCUT2D eigenvalue weighted by atomic mass is 9.49. The van der Waals surface area contributed by atoms with Gasteiger partial charge in [0.2, 0.25) is 11.8 Å². The molecule has 2 heterocycles. The molecule has 0 bridgehead atoms. The number of ether oxygens (including phenoxy) is 1.